The molecule has 0 radical (unpaired) electrons. The lowest BCUT2D eigenvalue weighted by molar-refractivity contribution is -0.143. The van der Waals surface area contributed by atoms with Crippen LogP contribution in [0.5, 0.6) is 0 Å². The Labute approximate surface area is 60.0 Å². The van der Waals surface area contributed by atoms with Gasteiger partial charge in [0.15, 0.2) is 0 Å². The summed E-state index contributed by atoms with van der Waals surface area (Å²) in [5.41, 5.74) is -0.989. The molecule has 0 amide bonds. The van der Waals surface area contributed by atoms with Gasteiger partial charge in [0.2, 0.25) is 0 Å². The molecule has 10 heavy (non-hydrogen) atoms. The van der Waals surface area contributed by atoms with Crippen LogP contribution in [0.25, 0.3) is 0 Å². The Bertz CT molecular complexity index is 162. The van der Waals surface area contributed by atoms with Gasteiger partial charge in [-0.3, -0.25) is 4.79 Å². The lowest BCUT2D eigenvalue weighted by atomic mass is 9.89. The number of cyclic esters (lactones) is 1. The lowest BCUT2D eigenvalue weighted by Gasteiger charge is -2.21. The minimum Gasteiger partial charge on any atom is -0.459 e. The van der Waals surface area contributed by atoms with E-state index in [1.54, 1.807) is 20.8 Å². The van der Waals surface area contributed by atoms with Gasteiger partial charge in [-0.15, -0.1) is 0 Å². The van der Waals surface area contributed by atoms with Gasteiger partial charge < -0.3 is 9.84 Å². The zero-order chi connectivity index (χ0) is 7.94. The molecule has 0 bridgehead atoms. The van der Waals surface area contributed by atoms with Gasteiger partial charge in [-0.1, -0.05) is 0 Å². The van der Waals surface area contributed by atoms with Crippen molar-refractivity contribution in [2.24, 2.45) is 5.92 Å². The summed E-state index contributed by atoms with van der Waals surface area (Å²) in [5, 5.41) is 9.56. The molecule has 0 aromatic carbocycles. The Hall–Kier alpha value is -0.570. The summed E-state index contributed by atoms with van der Waals surface area (Å²) < 4.78 is 4.80. The van der Waals surface area contributed by atoms with E-state index in [0.29, 0.717) is 0 Å². The lowest BCUT2D eigenvalue weighted by Crippen LogP contribution is -2.37. The molecule has 1 N–H and O–H groups in total. The molecule has 1 saturated heterocycles. The Kier molecular flexibility index (Phi) is 1.47. The van der Waals surface area contributed by atoms with Crippen LogP contribution in [0, 0.1) is 5.92 Å². The standard InChI is InChI=1S/C7H12O3/c1-4-6(8)10-5(2)7(4,3)9/h4-5,9H,1-3H3/t4-,5-,7-/m0/s1. The van der Waals surface area contributed by atoms with E-state index in [2.05, 4.69) is 0 Å². The molecule has 1 fully saturated rings. The fraction of sp³-hybridized carbons (Fsp3) is 0.857. The first-order valence-electron chi connectivity index (χ1n) is 3.39. The summed E-state index contributed by atoms with van der Waals surface area (Å²) in [7, 11) is 0. The van der Waals surface area contributed by atoms with Crippen molar-refractivity contribution in [2.45, 2.75) is 32.5 Å². The van der Waals surface area contributed by atoms with Crippen LogP contribution in [0.4, 0.5) is 0 Å². The molecule has 1 rings (SSSR count). The molecule has 3 heteroatoms. The van der Waals surface area contributed by atoms with Gasteiger partial charge in [-0.05, 0) is 20.8 Å². The number of carbonyl (C=O) groups is 1. The number of hydrogen-bond acceptors (Lipinski definition) is 3. The summed E-state index contributed by atoms with van der Waals surface area (Å²) in [5.74, 6) is -0.708. The highest BCUT2D eigenvalue weighted by atomic mass is 16.6. The molecule has 0 aromatic rings. The maximum Gasteiger partial charge on any atom is 0.312 e. The van der Waals surface area contributed by atoms with Crippen LogP contribution >= 0.6 is 0 Å². The Balaban J connectivity index is 2.85. The van der Waals surface area contributed by atoms with E-state index in [4.69, 9.17) is 4.74 Å². The zero-order valence-corrected chi connectivity index (χ0v) is 6.42. The maximum absolute atomic E-state index is 10.8. The van der Waals surface area contributed by atoms with Crippen molar-refractivity contribution in [3.63, 3.8) is 0 Å². The minimum atomic E-state index is -0.989. The minimum absolute atomic E-state index is 0.308. The van der Waals surface area contributed by atoms with Crippen LogP contribution in [-0.2, 0) is 9.53 Å². The smallest absolute Gasteiger partial charge is 0.312 e. The number of aliphatic hydroxyl groups is 1. The van der Waals surface area contributed by atoms with Gasteiger partial charge in [0.1, 0.15) is 11.7 Å². The summed E-state index contributed by atoms with van der Waals surface area (Å²) >= 11 is 0. The van der Waals surface area contributed by atoms with Crippen LogP contribution in [0.2, 0.25) is 0 Å². The fourth-order valence-electron chi connectivity index (χ4n) is 0.986. The van der Waals surface area contributed by atoms with Gasteiger partial charge in [-0.25, -0.2) is 0 Å². The molecule has 0 saturated carbocycles. The van der Waals surface area contributed by atoms with E-state index in [0.717, 1.165) is 0 Å². The third kappa shape index (κ3) is 0.814. The average Bonchev–Trinajstić information content (AvgIpc) is 1.97. The van der Waals surface area contributed by atoms with Gasteiger partial charge >= 0.3 is 5.97 Å². The highest BCUT2D eigenvalue weighted by molar-refractivity contribution is 5.76. The zero-order valence-electron chi connectivity index (χ0n) is 6.42. The van der Waals surface area contributed by atoms with Gasteiger partial charge in [-0.2, -0.15) is 0 Å². The van der Waals surface area contributed by atoms with Crippen LogP contribution in [0.15, 0.2) is 0 Å². The molecule has 3 atom stereocenters. The Morgan fingerprint density at radius 3 is 2.20 bits per heavy atom. The highest BCUT2D eigenvalue weighted by Gasteiger charge is 2.48. The molecule has 1 heterocycles. The highest BCUT2D eigenvalue weighted by Crippen LogP contribution is 2.31. The van der Waals surface area contributed by atoms with Crippen LogP contribution in [-0.4, -0.2) is 22.8 Å². The average molecular weight is 144 g/mol. The third-order valence-corrected chi connectivity index (χ3v) is 2.35. The normalized spacial score (nSPS) is 47.4. The number of rotatable bonds is 0. The monoisotopic (exact) mass is 144 g/mol. The van der Waals surface area contributed by atoms with Crippen LogP contribution in [0.3, 0.4) is 0 Å². The van der Waals surface area contributed by atoms with Crippen LogP contribution in [0.1, 0.15) is 20.8 Å². The van der Waals surface area contributed by atoms with Crippen molar-refractivity contribution >= 4 is 5.97 Å². The first kappa shape index (κ1) is 7.54. The number of carbonyl (C=O) groups excluding carboxylic acids is 1. The summed E-state index contributed by atoms with van der Waals surface area (Å²) in [6.45, 7) is 4.99. The molecular formula is C7H12O3. The summed E-state index contributed by atoms with van der Waals surface area (Å²) in [6.07, 6.45) is -0.380. The van der Waals surface area contributed by atoms with Crippen molar-refractivity contribution in [2.75, 3.05) is 0 Å². The van der Waals surface area contributed by atoms with Crippen molar-refractivity contribution in [1.29, 1.82) is 0 Å². The molecular weight excluding hydrogens is 132 g/mol. The van der Waals surface area contributed by atoms with E-state index in [1.807, 2.05) is 0 Å². The van der Waals surface area contributed by atoms with Crippen molar-refractivity contribution < 1.29 is 14.6 Å². The van der Waals surface area contributed by atoms with Gasteiger partial charge in [0, 0.05) is 0 Å². The fourth-order valence-corrected chi connectivity index (χ4v) is 0.986. The van der Waals surface area contributed by atoms with E-state index in [-0.39, 0.29) is 12.1 Å². The van der Waals surface area contributed by atoms with E-state index < -0.39 is 11.5 Å². The SMILES string of the molecule is C[C@@H]1OC(=O)[C@H](C)[C@]1(C)O. The van der Waals surface area contributed by atoms with E-state index in [1.165, 1.54) is 0 Å². The quantitative estimate of drug-likeness (QED) is 0.498. The molecule has 3 nitrogen and oxygen atoms in total. The molecule has 1 aliphatic heterocycles. The molecule has 0 aromatic heterocycles. The van der Waals surface area contributed by atoms with Gasteiger partial charge in [0.25, 0.3) is 0 Å². The summed E-state index contributed by atoms with van der Waals surface area (Å²) in [4.78, 5) is 10.8. The molecule has 58 valence electrons. The molecule has 0 spiro atoms. The number of ether oxygens (including phenoxy) is 1. The second kappa shape index (κ2) is 1.95. The van der Waals surface area contributed by atoms with E-state index >= 15 is 0 Å². The van der Waals surface area contributed by atoms with Crippen molar-refractivity contribution in [3.8, 4) is 0 Å². The van der Waals surface area contributed by atoms with E-state index in [9.17, 15) is 9.90 Å². The molecule has 0 unspecified atom stereocenters. The third-order valence-electron chi connectivity index (χ3n) is 2.35. The second-order valence-electron chi connectivity index (χ2n) is 3.03. The molecule has 0 aliphatic carbocycles. The van der Waals surface area contributed by atoms with Crippen molar-refractivity contribution in [1.82, 2.24) is 0 Å². The Morgan fingerprint density at radius 2 is 2.10 bits per heavy atom. The largest absolute Gasteiger partial charge is 0.459 e. The van der Waals surface area contributed by atoms with Crippen molar-refractivity contribution in [3.05, 3.63) is 0 Å². The maximum atomic E-state index is 10.8. The summed E-state index contributed by atoms with van der Waals surface area (Å²) in [6, 6.07) is 0. The number of hydrogen-bond donors (Lipinski definition) is 1. The first-order valence-corrected chi connectivity index (χ1v) is 3.39. The first-order chi connectivity index (χ1) is 4.46. The predicted molar refractivity (Wildman–Crippen MR) is 35.3 cm³/mol. The van der Waals surface area contributed by atoms with Gasteiger partial charge in [0.05, 0.1) is 5.92 Å². The van der Waals surface area contributed by atoms with Crippen LogP contribution < -0.4 is 0 Å². The predicted octanol–water partition coefficient (Wildman–Crippen LogP) is 0.319. The second-order valence-corrected chi connectivity index (χ2v) is 3.03. The Morgan fingerprint density at radius 1 is 1.60 bits per heavy atom. The topological polar surface area (TPSA) is 46.5 Å². The number of esters is 1. The molecule has 1 aliphatic rings.